The van der Waals surface area contributed by atoms with Gasteiger partial charge in [-0.3, -0.25) is 9.11 Å². The van der Waals surface area contributed by atoms with Crippen LogP contribution in [0, 0.1) is 6.92 Å². The third-order valence-electron chi connectivity index (χ3n) is 4.95. The van der Waals surface area contributed by atoms with Crippen LogP contribution in [-0.2, 0) is 10.8 Å². The first-order chi connectivity index (χ1) is 9.74. The number of piperidine rings is 1. The van der Waals surface area contributed by atoms with Crippen molar-refractivity contribution in [2.45, 2.75) is 44.6 Å². The lowest BCUT2D eigenvalue weighted by molar-refractivity contribution is 0.139. The smallest absolute Gasteiger partial charge is 0.0249 e. The first kappa shape index (κ1) is 14.3. The average molecular weight is 291 g/mol. The van der Waals surface area contributed by atoms with E-state index in [4.69, 9.17) is 0 Å². The van der Waals surface area contributed by atoms with E-state index >= 15 is 0 Å². The normalized spacial score (nSPS) is 32.1. The first-order valence-corrected chi connectivity index (χ1v) is 9.37. The van der Waals surface area contributed by atoms with Crippen molar-refractivity contribution in [1.29, 1.82) is 0 Å². The van der Waals surface area contributed by atoms with Crippen LogP contribution in [0.25, 0.3) is 0 Å². The van der Waals surface area contributed by atoms with Crippen LogP contribution in [0.1, 0.15) is 42.7 Å². The van der Waals surface area contributed by atoms with E-state index in [0.29, 0.717) is 12.0 Å². The third-order valence-corrected chi connectivity index (χ3v) is 6.34. The predicted molar refractivity (Wildman–Crippen MR) is 85.6 cm³/mol. The van der Waals surface area contributed by atoms with Crippen molar-refractivity contribution in [3.05, 3.63) is 35.4 Å². The van der Waals surface area contributed by atoms with Gasteiger partial charge in [-0.15, -0.1) is 0 Å². The molecule has 0 spiro atoms. The van der Waals surface area contributed by atoms with Gasteiger partial charge in [0, 0.05) is 34.9 Å². The fraction of sp³-hybridized carbons (Fsp3) is 0.647. The highest BCUT2D eigenvalue weighted by Gasteiger charge is 2.29. The molecule has 0 unspecified atom stereocenters. The number of aryl methyl sites for hydroxylation is 1. The Balaban J connectivity index is 1.67. The second kappa shape index (κ2) is 6.40. The fourth-order valence-corrected chi connectivity index (χ4v) is 5.06. The van der Waals surface area contributed by atoms with Gasteiger partial charge in [-0.05, 0) is 56.2 Å². The Hall–Kier alpha value is -0.670. The SMILES string of the molecule is Cc1ccccc1[C@@H]1CCCN(C2CCS(=O)CC2)C1. The van der Waals surface area contributed by atoms with Crippen molar-refractivity contribution in [1.82, 2.24) is 4.90 Å². The molecule has 3 heteroatoms. The van der Waals surface area contributed by atoms with Gasteiger partial charge in [-0.1, -0.05) is 24.3 Å². The quantitative estimate of drug-likeness (QED) is 0.834. The summed E-state index contributed by atoms with van der Waals surface area (Å²) in [6, 6.07) is 9.53. The zero-order valence-corrected chi connectivity index (χ0v) is 13.2. The Bertz CT molecular complexity index is 478. The van der Waals surface area contributed by atoms with Gasteiger partial charge in [0.2, 0.25) is 0 Å². The lowest BCUT2D eigenvalue weighted by Gasteiger charge is -2.40. The molecule has 3 rings (SSSR count). The molecule has 0 aromatic heterocycles. The van der Waals surface area contributed by atoms with E-state index in [2.05, 4.69) is 36.1 Å². The molecule has 0 saturated carbocycles. The number of rotatable bonds is 2. The van der Waals surface area contributed by atoms with Gasteiger partial charge in [0.25, 0.3) is 0 Å². The van der Waals surface area contributed by atoms with Crippen LogP contribution in [-0.4, -0.2) is 39.7 Å². The molecular formula is C17H25NOS. The van der Waals surface area contributed by atoms with Crippen molar-refractivity contribution < 1.29 is 4.21 Å². The Labute approximate surface area is 125 Å². The van der Waals surface area contributed by atoms with E-state index in [1.807, 2.05) is 0 Å². The van der Waals surface area contributed by atoms with Gasteiger partial charge in [-0.25, -0.2) is 0 Å². The molecule has 110 valence electrons. The van der Waals surface area contributed by atoms with Crippen molar-refractivity contribution >= 4 is 10.8 Å². The lowest BCUT2D eigenvalue weighted by atomic mass is 9.87. The Morgan fingerprint density at radius 1 is 1.15 bits per heavy atom. The van der Waals surface area contributed by atoms with Crippen LogP contribution in [0.5, 0.6) is 0 Å². The second-order valence-corrected chi connectivity index (χ2v) is 7.97. The molecule has 20 heavy (non-hydrogen) atoms. The number of hydrogen-bond acceptors (Lipinski definition) is 2. The summed E-state index contributed by atoms with van der Waals surface area (Å²) in [4.78, 5) is 2.68. The fourth-order valence-electron chi connectivity index (χ4n) is 3.78. The molecule has 0 radical (unpaired) electrons. The van der Waals surface area contributed by atoms with Crippen LogP contribution in [0.3, 0.4) is 0 Å². The summed E-state index contributed by atoms with van der Waals surface area (Å²) in [5.41, 5.74) is 2.97. The Morgan fingerprint density at radius 3 is 2.65 bits per heavy atom. The van der Waals surface area contributed by atoms with Gasteiger partial charge in [0.1, 0.15) is 0 Å². The molecule has 2 aliphatic heterocycles. The van der Waals surface area contributed by atoms with Crippen LogP contribution in [0.2, 0.25) is 0 Å². The minimum absolute atomic E-state index is 0.540. The summed E-state index contributed by atoms with van der Waals surface area (Å²) in [7, 11) is -0.540. The summed E-state index contributed by atoms with van der Waals surface area (Å²) in [6.45, 7) is 4.67. The monoisotopic (exact) mass is 291 g/mol. The molecular weight excluding hydrogens is 266 g/mol. The molecule has 0 N–H and O–H groups in total. The summed E-state index contributed by atoms with van der Waals surface area (Å²) in [5.74, 6) is 2.52. The average Bonchev–Trinajstić information content (AvgIpc) is 2.49. The number of likely N-dealkylation sites (tertiary alicyclic amines) is 1. The standard InChI is InChI=1S/C17H25NOS/c1-14-5-2-3-7-17(14)15-6-4-10-18(13-15)16-8-11-20(19)12-9-16/h2-3,5,7,15-16H,4,6,8-13H2,1H3/t15-,16?,20?/m1/s1. The Morgan fingerprint density at radius 2 is 1.90 bits per heavy atom. The number of nitrogens with zero attached hydrogens (tertiary/aromatic N) is 1. The largest absolute Gasteiger partial charge is 0.300 e. The van der Waals surface area contributed by atoms with Gasteiger partial charge >= 0.3 is 0 Å². The van der Waals surface area contributed by atoms with E-state index < -0.39 is 10.8 Å². The molecule has 2 saturated heterocycles. The molecule has 1 aromatic rings. The molecule has 0 amide bonds. The zero-order chi connectivity index (χ0) is 13.9. The summed E-state index contributed by atoms with van der Waals surface area (Å²) in [6.07, 6.45) is 4.89. The minimum Gasteiger partial charge on any atom is -0.300 e. The van der Waals surface area contributed by atoms with E-state index in [9.17, 15) is 4.21 Å². The highest BCUT2D eigenvalue weighted by atomic mass is 32.2. The predicted octanol–water partition coefficient (Wildman–Crippen LogP) is 3.09. The molecule has 2 fully saturated rings. The summed E-state index contributed by atoms with van der Waals surface area (Å²) in [5, 5.41) is 0. The second-order valence-electron chi connectivity index (χ2n) is 6.27. The molecule has 2 aliphatic rings. The molecule has 1 atom stereocenters. The maximum Gasteiger partial charge on any atom is 0.0249 e. The third kappa shape index (κ3) is 3.15. The maximum absolute atomic E-state index is 11.5. The summed E-state index contributed by atoms with van der Waals surface area (Å²) < 4.78 is 11.5. The molecule has 0 bridgehead atoms. The number of benzene rings is 1. The lowest BCUT2D eigenvalue weighted by Crippen LogP contribution is -2.45. The van der Waals surface area contributed by atoms with Crippen molar-refractivity contribution in [3.8, 4) is 0 Å². The van der Waals surface area contributed by atoms with Gasteiger partial charge in [0.15, 0.2) is 0 Å². The van der Waals surface area contributed by atoms with Gasteiger partial charge in [0.05, 0.1) is 0 Å². The highest BCUT2D eigenvalue weighted by Crippen LogP contribution is 2.31. The topological polar surface area (TPSA) is 20.3 Å². The van der Waals surface area contributed by atoms with Crippen LogP contribution in [0.15, 0.2) is 24.3 Å². The molecule has 1 aromatic carbocycles. The zero-order valence-electron chi connectivity index (χ0n) is 12.4. The minimum atomic E-state index is -0.540. The summed E-state index contributed by atoms with van der Waals surface area (Å²) >= 11 is 0. The number of hydrogen-bond donors (Lipinski definition) is 0. The van der Waals surface area contributed by atoms with E-state index in [0.717, 1.165) is 24.3 Å². The van der Waals surface area contributed by atoms with Gasteiger partial charge < -0.3 is 0 Å². The van der Waals surface area contributed by atoms with Crippen LogP contribution in [0.4, 0.5) is 0 Å². The van der Waals surface area contributed by atoms with Gasteiger partial charge in [-0.2, -0.15) is 0 Å². The van der Waals surface area contributed by atoms with E-state index in [1.165, 1.54) is 37.1 Å². The molecule has 2 heterocycles. The maximum atomic E-state index is 11.5. The molecule has 2 nitrogen and oxygen atoms in total. The van der Waals surface area contributed by atoms with Crippen molar-refractivity contribution in [2.75, 3.05) is 24.6 Å². The van der Waals surface area contributed by atoms with Crippen molar-refractivity contribution in [3.63, 3.8) is 0 Å². The van der Waals surface area contributed by atoms with Crippen molar-refractivity contribution in [2.24, 2.45) is 0 Å². The van der Waals surface area contributed by atoms with E-state index in [-0.39, 0.29) is 0 Å². The van der Waals surface area contributed by atoms with Crippen LogP contribution < -0.4 is 0 Å². The molecule has 0 aliphatic carbocycles. The van der Waals surface area contributed by atoms with Crippen LogP contribution >= 0.6 is 0 Å². The van der Waals surface area contributed by atoms with E-state index in [1.54, 1.807) is 0 Å². The first-order valence-electron chi connectivity index (χ1n) is 7.88. The highest BCUT2D eigenvalue weighted by molar-refractivity contribution is 7.85. The Kier molecular flexibility index (Phi) is 4.57.